The van der Waals surface area contributed by atoms with Gasteiger partial charge in [-0.25, -0.2) is 9.18 Å². The standard InChI is InChI=1S/C23H27F4N5O4/c1-2-31-21(35)18(19(28)32(22(31)36)11-14-6-8-15(24)9-7-14)17(33)12-30-10-4-3-5-16(30)20(34)29-13-23(25,26)27/h6-9,16H,2-5,10-13,28H2,1H3,(H,29,34)/t16-/m1/s1. The van der Waals surface area contributed by atoms with Gasteiger partial charge in [0.2, 0.25) is 5.91 Å². The Bertz CT molecular complexity index is 1240. The fraction of sp³-hybridized carbons (Fsp3) is 0.478. The molecule has 1 aliphatic heterocycles. The van der Waals surface area contributed by atoms with Crippen LogP contribution < -0.4 is 22.3 Å². The SMILES string of the molecule is CCn1c(=O)c(C(=O)CN2CCCC[C@@H]2C(=O)NCC(F)(F)F)c(N)n(Cc2ccc(F)cc2)c1=O. The average Bonchev–Trinajstić information content (AvgIpc) is 2.81. The summed E-state index contributed by atoms with van der Waals surface area (Å²) < 4.78 is 52.8. The molecule has 1 fully saturated rings. The van der Waals surface area contributed by atoms with Gasteiger partial charge in [0, 0.05) is 6.54 Å². The Morgan fingerprint density at radius 2 is 1.78 bits per heavy atom. The summed E-state index contributed by atoms with van der Waals surface area (Å²) in [5, 5.41) is 1.84. The number of ketones is 1. The van der Waals surface area contributed by atoms with E-state index in [-0.39, 0.29) is 31.9 Å². The van der Waals surface area contributed by atoms with Crippen molar-refractivity contribution in [1.82, 2.24) is 19.4 Å². The van der Waals surface area contributed by atoms with E-state index in [2.05, 4.69) is 0 Å². The molecule has 0 aliphatic carbocycles. The van der Waals surface area contributed by atoms with E-state index in [0.29, 0.717) is 18.4 Å². The molecule has 0 spiro atoms. The molecule has 1 aromatic carbocycles. The first-order chi connectivity index (χ1) is 16.9. The first kappa shape index (κ1) is 27.1. The highest BCUT2D eigenvalue weighted by Crippen LogP contribution is 2.20. The monoisotopic (exact) mass is 513 g/mol. The smallest absolute Gasteiger partial charge is 0.384 e. The fourth-order valence-electron chi connectivity index (χ4n) is 4.23. The molecule has 36 heavy (non-hydrogen) atoms. The largest absolute Gasteiger partial charge is 0.405 e. The minimum absolute atomic E-state index is 0.0478. The quantitative estimate of drug-likeness (QED) is 0.408. The number of piperidine rings is 1. The van der Waals surface area contributed by atoms with Gasteiger partial charge in [0.05, 0.1) is 19.1 Å². The molecule has 3 N–H and O–H groups in total. The van der Waals surface area contributed by atoms with Gasteiger partial charge in [-0.15, -0.1) is 0 Å². The number of hydrogen-bond donors (Lipinski definition) is 2. The number of carbonyl (C=O) groups is 2. The molecule has 2 heterocycles. The van der Waals surface area contributed by atoms with Crippen molar-refractivity contribution in [3.8, 4) is 0 Å². The van der Waals surface area contributed by atoms with Crippen molar-refractivity contribution in [3.05, 3.63) is 62.0 Å². The van der Waals surface area contributed by atoms with E-state index >= 15 is 0 Å². The molecule has 1 atom stereocenters. The minimum atomic E-state index is -4.58. The third kappa shape index (κ3) is 6.20. The Morgan fingerprint density at radius 3 is 2.39 bits per heavy atom. The molecular weight excluding hydrogens is 486 g/mol. The maximum Gasteiger partial charge on any atom is 0.405 e. The molecule has 1 saturated heterocycles. The number of halogens is 4. The summed E-state index contributed by atoms with van der Waals surface area (Å²) in [6, 6.07) is 4.27. The molecule has 1 aromatic heterocycles. The highest BCUT2D eigenvalue weighted by atomic mass is 19.4. The maximum atomic E-state index is 13.3. The number of amides is 1. The van der Waals surface area contributed by atoms with Gasteiger partial charge in [-0.2, -0.15) is 13.2 Å². The molecule has 0 bridgehead atoms. The lowest BCUT2D eigenvalue weighted by Crippen LogP contribution is -2.53. The van der Waals surface area contributed by atoms with Crippen LogP contribution in [0.3, 0.4) is 0 Å². The Kier molecular flexibility index (Phi) is 8.33. The first-order valence-corrected chi connectivity index (χ1v) is 11.4. The van der Waals surface area contributed by atoms with Gasteiger partial charge in [-0.3, -0.25) is 28.4 Å². The number of nitrogens with two attached hydrogens (primary N) is 1. The van der Waals surface area contributed by atoms with Gasteiger partial charge >= 0.3 is 11.9 Å². The summed E-state index contributed by atoms with van der Waals surface area (Å²) in [6.07, 6.45) is -3.14. The number of hydrogen-bond acceptors (Lipinski definition) is 6. The molecule has 1 aliphatic rings. The number of alkyl halides is 3. The molecule has 1 amide bonds. The number of nitrogen functional groups attached to an aromatic ring is 1. The number of Topliss-reactive ketones (excluding diaryl/α,β-unsaturated/α-hetero) is 1. The van der Waals surface area contributed by atoms with E-state index in [4.69, 9.17) is 5.73 Å². The van der Waals surface area contributed by atoms with Gasteiger partial charge in [0.1, 0.15) is 23.7 Å². The summed E-state index contributed by atoms with van der Waals surface area (Å²) in [7, 11) is 0. The van der Waals surface area contributed by atoms with Crippen molar-refractivity contribution in [2.75, 3.05) is 25.4 Å². The van der Waals surface area contributed by atoms with Gasteiger partial charge in [0.15, 0.2) is 5.78 Å². The van der Waals surface area contributed by atoms with Crippen molar-refractivity contribution in [2.24, 2.45) is 0 Å². The molecule has 0 unspecified atom stereocenters. The predicted molar refractivity (Wildman–Crippen MR) is 123 cm³/mol. The second kappa shape index (κ2) is 11.1. The van der Waals surface area contributed by atoms with Crippen LogP contribution in [-0.4, -0.2) is 57.6 Å². The fourth-order valence-corrected chi connectivity index (χ4v) is 4.23. The molecule has 196 valence electrons. The van der Waals surface area contributed by atoms with Crippen LogP contribution >= 0.6 is 0 Å². The lowest BCUT2D eigenvalue weighted by Gasteiger charge is -2.34. The Hall–Kier alpha value is -3.48. The van der Waals surface area contributed by atoms with Crippen molar-refractivity contribution < 1.29 is 27.2 Å². The molecule has 2 aromatic rings. The number of benzene rings is 1. The number of nitrogens with one attached hydrogen (secondary N) is 1. The number of likely N-dealkylation sites (tertiary alicyclic amines) is 1. The molecular formula is C23H27F4N5O4. The van der Waals surface area contributed by atoms with Crippen LogP contribution in [0.2, 0.25) is 0 Å². The van der Waals surface area contributed by atoms with Crippen molar-refractivity contribution in [1.29, 1.82) is 0 Å². The summed E-state index contributed by atoms with van der Waals surface area (Å²) in [6.45, 7) is -0.311. The zero-order valence-corrected chi connectivity index (χ0v) is 19.6. The van der Waals surface area contributed by atoms with E-state index in [0.717, 1.165) is 9.13 Å². The van der Waals surface area contributed by atoms with E-state index in [1.807, 2.05) is 5.32 Å². The Labute approximate surface area is 203 Å². The highest BCUT2D eigenvalue weighted by molar-refractivity contribution is 6.01. The van der Waals surface area contributed by atoms with Crippen LogP contribution in [0.5, 0.6) is 0 Å². The van der Waals surface area contributed by atoms with Gasteiger partial charge in [0.25, 0.3) is 5.56 Å². The summed E-state index contributed by atoms with van der Waals surface area (Å²) in [5.74, 6) is -2.48. The Morgan fingerprint density at radius 1 is 1.11 bits per heavy atom. The average molecular weight is 513 g/mol. The lowest BCUT2D eigenvalue weighted by atomic mass is 10.00. The summed E-state index contributed by atoms with van der Waals surface area (Å²) in [4.78, 5) is 52.9. The number of rotatable bonds is 8. The van der Waals surface area contributed by atoms with Crippen LogP contribution in [0, 0.1) is 5.82 Å². The third-order valence-electron chi connectivity index (χ3n) is 6.04. The van der Waals surface area contributed by atoms with Crippen molar-refractivity contribution in [3.63, 3.8) is 0 Å². The second-order valence-corrected chi connectivity index (χ2v) is 8.54. The number of nitrogens with zero attached hydrogens (tertiary/aromatic N) is 3. The van der Waals surface area contributed by atoms with Crippen molar-refractivity contribution >= 4 is 17.5 Å². The molecule has 0 radical (unpaired) electrons. The van der Waals surface area contributed by atoms with Crippen LogP contribution in [0.25, 0.3) is 0 Å². The van der Waals surface area contributed by atoms with Crippen LogP contribution in [0.15, 0.2) is 33.9 Å². The van der Waals surface area contributed by atoms with Crippen molar-refractivity contribution in [2.45, 2.75) is 51.5 Å². The van der Waals surface area contributed by atoms with Crippen LogP contribution in [0.4, 0.5) is 23.4 Å². The summed E-state index contributed by atoms with van der Waals surface area (Å²) >= 11 is 0. The molecule has 9 nitrogen and oxygen atoms in total. The van der Waals surface area contributed by atoms with E-state index < -0.39 is 59.6 Å². The molecule has 0 saturated carbocycles. The number of carbonyl (C=O) groups excluding carboxylic acids is 2. The highest BCUT2D eigenvalue weighted by Gasteiger charge is 2.34. The normalized spacial score (nSPS) is 16.6. The van der Waals surface area contributed by atoms with Gasteiger partial charge < -0.3 is 11.1 Å². The minimum Gasteiger partial charge on any atom is -0.384 e. The third-order valence-corrected chi connectivity index (χ3v) is 6.04. The molecule has 13 heteroatoms. The first-order valence-electron chi connectivity index (χ1n) is 11.4. The van der Waals surface area contributed by atoms with E-state index in [1.54, 1.807) is 6.92 Å². The zero-order valence-electron chi connectivity index (χ0n) is 19.6. The van der Waals surface area contributed by atoms with Crippen LogP contribution in [-0.2, 0) is 17.9 Å². The predicted octanol–water partition coefficient (Wildman–Crippen LogP) is 1.52. The number of aromatic nitrogens is 2. The van der Waals surface area contributed by atoms with Crippen LogP contribution in [0.1, 0.15) is 42.1 Å². The molecule has 3 rings (SSSR count). The number of anilines is 1. The topological polar surface area (TPSA) is 119 Å². The second-order valence-electron chi connectivity index (χ2n) is 8.54. The van der Waals surface area contributed by atoms with E-state index in [9.17, 15) is 36.7 Å². The Balaban J connectivity index is 1.92. The van der Waals surface area contributed by atoms with E-state index in [1.165, 1.54) is 29.2 Å². The summed E-state index contributed by atoms with van der Waals surface area (Å²) in [5.41, 5.74) is 4.53. The van der Waals surface area contributed by atoms with Gasteiger partial charge in [-0.05, 0) is 44.0 Å². The maximum absolute atomic E-state index is 13.3. The van der Waals surface area contributed by atoms with Gasteiger partial charge in [-0.1, -0.05) is 18.6 Å². The zero-order chi connectivity index (χ0) is 26.6. The lowest BCUT2D eigenvalue weighted by molar-refractivity contribution is -0.142.